The second kappa shape index (κ2) is 9.12. The highest BCUT2D eigenvalue weighted by Gasteiger charge is 2.21. The predicted octanol–water partition coefficient (Wildman–Crippen LogP) is 5.28. The van der Waals surface area contributed by atoms with Crippen LogP contribution in [-0.4, -0.2) is 28.4 Å². The SMILES string of the molecule is CC(C)(C)n1nc(Cc2ccc(Cl)cc2)cc1Nc1ccc(S(=O)(=O)Nc2nncs2)cc1. The molecule has 0 saturated heterocycles. The van der Waals surface area contributed by atoms with Crippen LogP contribution in [0.15, 0.2) is 65.0 Å². The first-order valence-corrected chi connectivity index (χ1v) is 12.8. The molecule has 0 aliphatic heterocycles. The quantitative estimate of drug-likeness (QED) is 0.356. The maximum Gasteiger partial charge on any atom is 0.263 e. The molecule has 0 amide bonds. The molecule has 0 saturated carbocycles. The summed E-state index contributed by atoms with van der Waals surface area (Å²) in [6.45, 7) is 6.23. The van der Waals surface area contributed by atoms with Crippen LogP contribution in [0.4, 0.5) is 16.6 Å². The molecule has 0 aliphatic carbocycles. The highest BCUT2D eigenvalue weighted by molar-refractivity contribution is 7.93. The smallest absolute Gasteiger partial charge is 0.263 e. The molecule has 0 unspecified atom stereocenters. The van der Waals surface area contributed by atoms with Crippen LogP contribution in [0.1, 0.15) is 32.0 Å². The van der Waals surface area contributed by atoms with Crippen LogP contribution in [0.25, 0.3) is 0 Å². The summed E-state index contributed by atoms with van der Waals surface area (Å²) in [5.41, 5.74) is 3.98. The number of nitrogens with one attached hydrogen (secondary N) is 2. The molecule has 0 spiro atoms. The number of hydrogen-bond donors (Lipinski definition) is 2. The van der Waals surface area contributed by atoms with Gasteiger partial charge in [-0.2, -0.15) is 5.10 Å². The van der Waals surface area contributed by atoms with Gasteiger partial charge in [0.2, 0.25) is 5.13 Å². The molecule has 0 bridgehead atoms. The van der Waals surface area contributed by atoms with Crippen LogP contribution in [0.2, 0.25) is 5.02 Å². The summed E-state index contributed by atoms with van der Waals surface area (Å²) in [5, 5.41) is 16.4. The van der Waals surface area contributed by atoms with Crippen molar-refractivity contribution >= 4 is 49.6 Å². The number of hydrogen-bond acceptors (Lipinski definition) is 7. The number of halogens is 1. The molecule has 2 heterocycles. The molecule has 0 atom stereocenters. The van der Waals surface area contributed by atoms with Crippen LogP contribution in [0.5, 0.6) is 0 Å². The largest absolute Gasteiger partial charge is 0.340 e. The van der Waals surface area contributed by atoms with E-state index in [1.54, 1.807) is 12.1 Å². The molecule has 2 aromatic heterocycles. The summed E-state index contributed by atoms with van der Waals surface area (Å²) in [6, 6.07) is 16.2. The number of sulfonamides is 1. The highest BCUT2D eigenvalue weighted by Crippen LogP contribution is 2.27. The van der Waals surface area contributed by atoms with Crippen molar-refractivity contribution in [2.75, 3.05) is 10.0 Å². The summed E-state index contributed by atoms with van der Waals surface area (Å²) in [6.07, 6.45) is 0.670. The standard InChI is InChI=1S/C22H23ClN6O2S2/c1-22(2,3)29-20(13-18(27-29)12-15-4-6-16(23)7-5-15)25-17-8-10-19(11-9-17)33(30,31)28-21-26-24-14-32-21/h4-11,13-14,25H,12H2,1-3H3,(H,26,28). The maximum absolute atomic E-state index is 12.5. The number of rotatable bonds is 7. The van der Waals surface area contributed by atoms with E-state index in [1.807, 2.05) is 35.0 Å². The van der Waals surface area contributed by atoms with Gasteiger partial charge < -0.3 is 5.32 Å². The molecule has 172 valence electrons. The minimum absolute atomic E-state index is 0.135. The van der Waals surface area contributed by atoms with Crippen molar-refractivity contribution in [1.29, 1.82) is 0 Å². The van der Waals surface area contributed by atoms with Gasteiger partial charge in [0.15, 0.2) is 0 Å². The van der Waals surface area contributed by atoms with Crippen LogP contribution in [0, 0.1) is 0 Å². The first-order valence-electron chi connectivity index (χ1n) is 10.1. The zero-order valence-electron chi connectivity index (χ0n) is 18.3. The minimum Gasteiger partial charge on any atom is -0.340 e. The third-order valence-corrected chi connectivity index (χ3v) is 7.06. The van der Waals surface area contributed by atoms with E-state index in [9.17, 15) is 8.42 Å². The summed E-state index contributed by atoms with van der Waals surface area (Å²) < 4.78 is 29.4. The van der Waals surface area contributed by atoms with Gasteiger partial charge in [-0.05, 0) is 62.7 Å². The van der Waals surface area contributed by atoms with Gasteiger partial charge in [-0.1, -0.05) is 35.1 Å². The summed E-state index contributed by atoms with van der Waals surface area (Å²) >= 11 is 7.11. The fraction of sp³-hybridized carbons (Fsp3) is 0.227. The number of anilines is 3. The first-order chi connectivity index (χ1) is 15.6. The Kier molecular flexibility index (Phi) is 6.42. The molecular formula is C22H23ClN6O2S2. The van der Waals surface area contributed by atoms with Crippen LogP contribution in [0.3, 0.4) is 0 Å². The van der Waals surface area contributed by atoms with Gasteiger partial charge in [0.05, 0.1) is 16.1 Å². The van der Waals surface area contributed by atoms with Gasteiger partial charge in [-0.25, -0.2) is 13.1 Å². The fourth-order valence-electron chi connectivity index (χ4n) is 3.19. The van der Waals surface area contributed by atoms with E-state index in [0.717, 1.165) is 34.1 Å². The number of benzene rings is 2. The average Bonchev–Trinajstić information content (AvgIpc) is 3.39. The normalized spacial score (nSPS) is 12.0. The molecule has 33 heavy (non-hydrogen) atoms. The van der Waals surface area contributed by atoms with Crippen molar-refractivity contribution in [1.82, 2.24) is 20.0 Å². The average molecular weight is 503 g/mol. The topological polar surface area (TPSA) is 102 Å². The van der Waals surface area contributed by atoms with E-state index in [0.29, 0.717) is 11.4 Å². The Hall–Kier alpha value is -2.95. The lowest BCUT2D eigenvalue weighted by molar-refractivity contribution is 0.359. The molecule has 11 heteroatoms. The zero-order valence-corrected chi connectivity index (χ0v) is 20.7. The van der Waals surface area contributed by atoms with Crippen LogP contribution < -0.4 is 10.0 Å². The number of nitrogens with zero attached hydrogens (tertiary/aromatic N) is 4. The van der Waals surface area contributed by atoms with Crippen molar-refractivity contribution in [3.05, 3.63) is 76.4 Å². The Morgan fingerprint density at radius 1 is 1.06 bits per heavy atom. The van der Waals surface area contributed by atoms with Gasteiger partial charge in [0, 0.05) is 23.2 Å². The van der Waals surface area contributed by atoms with E-state index < -0.39 is 10.0 Å². The fourth-order valence-corrected chi connectivity index (χ4v) is 5.00. The van der Waals surface area contributed by atoms with E-state index in [2.05, 4.69) is 41.0 Å². The van der Waals surface area contributed by atoms with E-state index in [1.165, 1.54) is 17.6 Å². The predicted molar refractivity (Wildman–Crippen MR) is 132 cm³/mol. The monoisotopic (exact) mass is 502 g/mol. The third kappa shape index (κ3) is 5.70. The van der Waals surface area contributed by atoms with Crippen LogP contribution in [-0.2, 0) is 22.0 Å². The Morgan fingerprint density at radius 3 is 2.36 bits per heavy atom. The molecule has 0 aliphatic rings. The van der Waals surface area contributed by atoms with E-state index in [4.69, 9.17) is 16.7 Å². The van der Waals surface area contributed by atoms with E-state index in [-0.39, 0.29) is 15.6 Å². The van der Waals surface area contributed by atoms with Gasteiger partial charge in [-0.15, -0.1) is 10.2 Å². The van der Waals surface area contributed by atoms with Crippen molar-refractivity contribution in [3.8, 4) is 0 Å². The van der Waals surface area contributed by atoms with Gasteiger partial charge in [0.1, 0.15) is 11.3 Å². The molecule has 2 aromatic carbocycles. The lowest BCUT2D eigenvalue weighted by atomic mass is 10.1. The summed E-state index contributed by atoms with van der Waals surface area (Å²) in [4.78, 5) is 0.135. The Morgan fingerprint density at radius 2 is 1.76 bits per heavy atom. The molecular weight excluding hydrogens is 480 g/mol. The zero-order chi connectivity index (χ0) is 23.6. The van der Waals surface area contributed by atoms with Crippen molar-refractivity contribution < 1.29 is 8.42 Å². The lowest BCUT2D eigenvalue weighted by Gasteiger charge is -2.22. The second-order valence-corrected chi connectivity index (χ2v) is 11.4. The second-order valence-electron chi connectivity index (χ2n) is 8.41. The minimum atomic E-state index is -3.73. The Labute approximate surface area is 201 Å². The highest BCUT2D eigenvalue weighted by atomic mass is 35.5. The summed E-state index contributed by atoms with van der Waals surface area (Å²) in [7, 11) is -3.73. The van der Waals surface area contributed by atoms with Gasteiger partial charge in [0.25, 0.3) is 10.0 Å². The molecule has 4 aromatic rings. The molecule has 0 radical (unpaired) electrons. The molecule has 0 fully saturated rings. The lowest BCUT2D eigenvalue weighted by Crippen LogP contribution is -2.24. The van der Waals surface area contributed by atoms with Crippen molar-refractivity contribution in [2.45, 2.75) is 37.6 Å². The van der Waals surface area contributed by atoms with Crippen molar-refractivity contribution in [2.24, 2.45) is 0 Å². The number of aromatic nitrogens is 4. The summed E-state index contributed by atoms with van der Waals surface area (Å²) in [5.74, 6) is 0.814. The van der Waals surface area contributed by atoms with Crippen molar-refractivity contribution in [3.63, 3.8) is 0 Å². The van der Waals surface area contributed by atoms with Gasteiger partial charge >= 0.3 is 0 Å². The first kappa shape index (κ1) is 23.2. The van der Waals surface area contributed by atoms with Crippen LogP contribution >= 0.6 is 22.9 Å². The molecule has 4 rings (SSSR count). The maximum atomic E-state index is 12.5. The third-order valence-electron chi connectivity index (χ3n) is 4.71. The Bertz CT molecular complexity index is 1330. The molecule has 2 N–H and O–H groups in total. The molecule has 8 nitrogen and oxygen atoms in total. The van der Waals surface area contributed by atoms with E-state index >= 15 is 0 Å². The van der Waals surface area contributed by atoms with Gasteiger partial charge in [-0.3, -0.25) is 4.72 Å². The Balaban J connectivity index is 1.55.